The zero-order chi connectivity index (χ0) is 6.10. The summed E-state index contributed by atoms with van der Waals surface area (Å²) >= 11 is 0. The van der Waals surface area contributed by atoms with Crippen molar-refractivity contribution in [1.82, 2.24) is 4.98 Å². The first-order valence-electron chi connectivity index (χ1n) is 2.98. The summed E-state index contributed by atoms with van der Waals surface area (Å²) in [4.78, 5) is 3.90. The van der Waals surface area contributed by atoms with Crippen molar-refractivity contribution in [1.29, 1.82) is 0 Å². The number of hydrogen-bond acceptors (Lipinski definition) is 2. The highest BCUT2D eigenvalue weighted by molar-refractivity contribution is 5.16. The van der Waals surface area contributed by atoms with E-state index < -0.39 is 0 Å². The monoisotopic (exact) mass is 121 g/mol. The van der Waals surface area contributed by atoms with Crippen molar-refractivity contribution in [3.63, 3.8) is 0 Å². The van der Waals surface area contributed by atoms with Crippen molar-refractivity contribution >= 4 is 0 Å². The molecule has 2 rings (SSSR count). The summed E-state index contributed by atoms with van der Waals surface area (Å²) in [6.07, 6.45) is 3.95. The Labute approximate surface area is 53.5 Å². The van der Waals surface area contributed by atoms with Crippen LogP contribution in [0.5, 0.6) is 0 Å². The summed E-state index contributed by atoms with van der Waals surface area (Å²) in [5.74, 6) is 0. The molecule has 1 fully saturated rings. The van der Waals surface area contributed by atoms with Crippen LogP contribution in [0, 0.1) is 0 Å². The molecule has 0 amide bonds. The van der Waals surface area contributed by atoms with Crippen molar-refractivity contribution in [2.45, 2.75) is 6.10 Å². The zero-order valence-electron chi connectivity index (χ0n) is 4.95. The Kier molecular flexibility index (Phi) is 0.993. The van der Waals surface area contributed by atoms with Crippen LogP contribution >= 0.6 is 0 Å². The summed E-state index contributed by atoms with van der Waals surface area (Å²) in [6.45, 7) is 0.879. The summed E-state index contributed by atoms with van der Waals surface area (Å²) in [6, 6.07) is 3.97. The first kappa shape index (κ1) is 4.94. The molecule has 2 heterocycles. The van der Waals surface area contributed by atoms with Crippen molar-refractivity contribution in [2.75, 3.05) is 6.61 Å². The van der Waals surface area contributed by atoms with Crippen molar-refractivity contribution in [3.05, 3.63) is 30.1 Å². The van der Waals surface area contributed by atoms with Gasteiger partial charge in [0, 0.05) is 12.4 Å². The highest BCUT2D eigenvalue weighted by atomic mass is 16.6. The Morgan fingerprint density at radius 3 is 2.67 bits per heavy atom. The van der Waals surface area contributed by atoms with Crippen LogP contribution in [0.2, 0.25) is 0 Å². The molecule has 0 radical (unpaired) electrons. The second-order valence-electron chi connectivity index (χ2n) is 2.10. The number of epoxide rings is 1. The van der Waals surface area contributed by atoms with Gasteiger partial charge >= 0.3 is 0 Å². The molecule has 0 unspecified atom stereocenters. The van der Waals surface area contributed by atoms with E-state index in [1.807, 2.05) is 12.1 Å². The van der Waals surface area contributed by atoms with Crippen LogP contribution in [0.1, 0.15) is 11.7 Å². The Hall–Kier alpha value is -0.890. The lowest BCUT2D eigenvalue weighted by Crippen LogP contribution is -1.78. The molecule has 1 aromatic rings. The highest BCUT2D eigenvalue weighted by Gasteiger charge is 2.23. The van der Waals surface area contributed by atoms with Gasteiger partial charge in [0.2, 0.25) is 0 Å². The fraction of sp³-hybridized carbons (Fsp3) is 0.286. The van der Waals surface area contributed by atoms with Crippen molar-refractivity contribution in [3.8, 4) is 0 Å². The maximum atomic E-state index is 5.07. The number of aromatic nitrogens is 1. The van der Waals surface area contributed by atoms with E-state index in [4.69, 9.17) is 4.74 Å². The van der Waals surface area contributed by atoms with Gasteiger partial charge in [-0.2, -0.15) is 0 Å². The van der Waals surface area contributed by atoms with Crippen LogP contribution in [0.25, 0.3) is 0 Å². The fourth-order valence-corrected chi connectivity index (χ4v) is 0.819. The average molecular weight is 121 g/mol. The van der Waals surface area contributed by atoms with E-state index in [1.54, 1.807) is 12.4 Å². The van der Waals surface area contributed by atoms with Crippen LogP contribution in [0.3, 0.4) is 0 Å². The SMILES string of the molecule is c1cc([C@H]2CO2)ccn1. The highest BCUT2D eigenvalue weighted by Crippen LogP contribution is 2.28. The average Bonchev–Trinajstić information content (AvgIpc) is 2.71. The van der Waals surface area contributed by atoms with E-state index in [9.17, 15) is 0 Å². The van der Waals surface area contributed by atoms with Crippen LogP contribution < -0.4 is 0 Å². The van der Waals surface area contributed by atoms with Gasteiger partial charge in [0.15, 0.2) is 0 Å². The van der Waals surface area contributed by atoms with Gasteiger partial charge < -0.3 is 4.74 Å². The lowest BCUT2D eigenvalue weighted by Gasteiger charge is -1.89. The summed E-state index contributed by atoms with van der Waals surface area (Å²) in [7, 11) is 0. The second kappa shape index (κ2) is 1.81. The molecule has 0 N–H and O–H groups in total. The molecule has 1 aliphatic rings. The molecule has 46 valence electrons. The van der Waals surface area contributed by atoms with Crippen LogP contribution in [0.4, 0.5) is 0 Å². The van der Waals surface area contributed by atoms with Gasteiger partial charge in [-0.3, -0.25) is 4.98 Å². The quantitative estimate of drug-likeness (QED) is 0.521. The van der Waals surface area contributed by atoms with Crippen LogP contribution in [0.15, 0.2) is 24.5 Å². The molecule has 0 aliphatic carbocycles. The minimum Gasteiger partial charge on any atom is -0.368 e. The van der Waals surface area contributed by atoms with Gasteiger partial charge in [-0.1, -0.05) is 0 Å². The minimum absolute atomic E-state index is 0.369. The molecular weight excluding hydrogens is 114 g/mol. The Morgan fingerprint density at radius 1 is 1.44 bits per heavy atom. The van der Waals surface area contributed by atoms with E-state index in [0.717, 1.165) is 6.61 Å². The Bertz CT molecular complexity index is 193. The maximum absolute atomic E-state index is 5.07. The fourth-order valence-electron chi connectivity index (χ4n) is 0.819. The van der Waals surface area contributed by atoms with Gasteiger partial charge in [-0.15, -0.1) is 0 Å². The largest absolute Gasteiger partial charge is 0.368 e. The first-order valence-corrected chi connectivity index (χ1v) is 2.98. The minimum atomic E-state index is 0.369. The number of pyridine rings is 1. The lowest BCUT2D eigenvalue weighted by molar-refractivity contribution is 0.415. The van der Waals surface area contributed by atoms with Crippen molar-refractivity contribution < 1.29 is 4.74 Å². The molecule has 1 saturated heterocycles. The third-order valence-corrected chi connectivity index (χ3v) is 1.41. The van der Waals surface area contributed by atoms with E-state index >= 15 is 0 Å². The molecule has 0 aromatic carbocycles. The third kappa shape index (κ3) is 0.933. The molecule has 0 spiro atoms. The molecule has 9 heavy (non-hydrogen) atoms. The summed E-state index contributed by atoms with van der Waals surface area (Å²) < 4.78 is 5.07. The van der Waals surface area contributed by atoms with Crippen LogP contribution in [-0.2, 0) is 4.74 Å². The van der Waals surface area contributed by atoms with Gasteiger partial charge in [0.1, 0.15) is 6.10 Å². The molecule has 1 atom stereocenters. The van der Waals surface area contributed by atoms with E-state index in [2.05, 4.69) is 4.98 Å². The first-order chi connectivity index (χ1) is 4.47. The zero-order valence-corrected chi connectivity index (χ0v) is 4.95. The molecule has 2 heteroatoms. The molecule has 2 nitrogen and oxygen atoms in total. The normalized spacial score (nSPS) is 23.8. The Morgan fingerprint density at radius 2 is 2.11 bits per heavy atom. The van der Waals surface area contributed by atoms with Gasteiger partial charge in [0.25, 0.3) is 0 Å². The van der Waals surface area contributed by atoms with Crippen LogP contribution in [-0.4, -0.2) is 11.6 Å². The Balaban J connectivity index is 2.29. The smallest absolute Gasteiger partial charge is 0.106 e. The number of ether oxygens (including phenoxy) is 1. The van der Waals surface area contributed by atoms with E-state index in [0.29, 0.717) is 6.10 Å². The number of nitrogens with zero attached hydrogens (tertiary/aromatic N) is 1. The predicted molar refractivity (Wildman–Crippen MR) is 32.9 cm³/mol. The van der Waals surface area contributed by atoms with Gasteiger partial charge in [0.05, 0.1) is 6.61 Å². The second-order valence-corrected chi connectivity index (χ2v) is 2.10. The summed E-state index contributed by atoms with van der Waals surface area (Å²) in [5.41, 5.74) is 1.24. The third-order valence-electron chi connectivity index (χ3n) is 1.41. The van der Waals surface area contributed by atoms with Gasteiger partial charge in [-0.25, -0.2) is 0 Å². The topological polar surface area (TPSA) is 25.4 Å². The van der Waals surface area contributed by atoms with Gasteiger partial charge in [-0.05, 0) is 17.7 Å². The lowest BCUT2D eigenvalue weighted by atomic mass is 10.2. The molecule has 1 aliphatic heterocycles. The maximum Gasteiger partial charge on any atom is 0.106 e. The van der Waals surface area contributed by atoms with Crippen molar-refractivity contribution in [2.24, 2.45) is 0 Å². The van der Waals surface area contributed by atoms with E-state index in [-0.39, 0.29) is 0 Å². The number of rotatable bonds is 1. The molecule has 1 aromatic heterocycles. The van der Waals surface area contributed by atoms with E-state index in [1.165, 1.54) is 5.56 Å². The molecular formula is C7H7NO. The number of hydrogen-bond donors (Lipinski definition) is 0. The molecule has 0 bridgehead atoms. The standard InChI is InChI=1S/C7H7NO/c1-3-8-4-2-6(1)7-5-9-7/h1-4,7H,5H2/t7-/m1/s1. The summed E-state index contributed by atoms with van der Waals surface area (Å²) in [5, 5.41) is 0. The predicted octanol–water partition coefficient (Wildman–Crippen LogP) is 1.15. The molecule has 0 saturated carbocycles.